The normalized spacial score (nSPS) is 11.3. The van der Waals surface area contributed by atoms with Gasteiger partial charge >= 0.3 is 6.18 Å². The highest BCUT2D eigenvalue weighted by atomic mass is 19.4. The first-order valence-corrected chi connectivity index (χ1v) is 6.19. The lowest BCUT2D eigenvalue weighted by Crippen LogP contribution is -2.16. The molecule has 0 aliphatic carbocycles. The summed E-state index contributed by atoms with van der Waals surface area (Å²) in [6, 6.07) is 7.49. The third-order valence-corrected chi connectivity index (χ3v) is 2.85. The van der Waals surface area contributed by atoms with E-state index in [1.165, 1.54) is 0 Å². The highest BCUT2D eigenvalue weighted by Crippen LogP contribution is 2.21. The highest BCUT2D eigenvalue weighted by molar-refractivity contribution is 5.37. The van der Waals surface area contributed by atoms with E-state index in [9.17, 15) is 13.2 Å². The molecule has 0 aromatic heterocycles. The Bertz CT molecular complexity index is 447. The number of nitrogens with zero attached hydrogens (tertiary/aromatic N) is 1. The molecule has 0 amide bonds. The molecule has 0 saturated heterocycles. The molecular formula is C14H17F3N2. The molecule has 0 fully saturated rings. The number of aryl methyl sites for hydroxylation is 1. The first-order chi connectivity index (χ1) is 8.92. The lowest BCUT2D eigenvalue weighted by Gasteiger charge is -2.09. The third-order valence-electron chi connectivity index (χ3n) is 2.85. The van der Waals surface area contributed by atoms with Crippen molar-refractivity contribution in [1.82, 2.24) is 5.32 Å². The average Bonchev–Trinajstić information content (AvgIpc) is 2.33. The Morgan fingerprint density at radius 2 is 2.00 bits per heavy atom. The summed E-state index contributed by atoms with van der Waals surface area (Å²) in [6.07, 6.45) is -4.11. The maximum Gasteiger partial charge on any atom is 0.389 e. The van der Waals surface area contributed by atoms with Gasteiger partial charge in [-0.1, -0.05) is 6.07 Å². The summed E-state index contributed by atoms with van der Waals surface area (Å²) in [7, 11) is 0. The molecule has 0 heterocycles. The Balaban J connectivity index is 2.25. The molecule has 0 aliphatic heterocycles. The minimum Gasteiger partial charge on any atom is -0.313 e. The van der Waals surface area contributed by atoms with Gasteiger partial charge in [-0.3, -0.25) is 0 Å². The van der Waals surface area contributed by atoms with E-state index in [1.54, 1.807) is 12.1 Å². The minimum atomic E-state index is -4.05. The zero-order chi connectivity index (χ0) is 14.3. The van der Waals surface area contributed by atoms with E-state index in [2.05, 4.69) is 11.4 Å². The predicted octanol–water partition coefficient (Wildman–Crippen LogP) is 3.69. The molecule has 5 heteroatoms. The van der Waals surface area contributed by atoms with Gasteiger partial charge in [0, 0.05) is 13.0 Å². The average molecular weight is 270 g/mol. The summed E-state index contributed by atoms with van der Waals surface area (Å²) in [4.78, 5) is 0. The number of rotatable bonds is 6. The topological polar surface area (TPSA) is 35.8 Å². The first-order valence-electron chi connectivity index (χ1n) is 6.19. The zero-order valence-corrected chi connectivity index (χ0v) is 10.8. The Labute approximate surface area is 111 Å². The monoisotopic (exact) mass is 270 g/mol. The van der Waals surface area contributed by atoms with Crippen molar-refractivity contribution in [2.24, 2.45) is 0 Å². The van der Waals surface area contributed by atoms with Crippen molar-refractivity contribution < 1.29 is 13.2 Å². The lowest BCUT2D eigenvalue weighted by molar-refractivity contribution is -0.135. The number of alkyl halides is 3. The number of unbranched alkanes of at least 4 members (excludes halogenated alkanes) is 1. The first kappa shape index (κ1) is 15.5. The largest absolute Gasteiger partial charge is 0.389 e. The van der Waals surface area contributed by atoms with E-state index >= 15 is 0 Å². The van der Waals surface area contributed by atoms with Crippen molar-refractivity contribution >= 4 is 0 Å². The van der Waals surface area contributed by atoms with E-state index < -0.39 is 12.6 Å². The van der Waals surface area contributed by atoms with E-state index in [0.29, 0.717) is 25.1 Å². The summed E-state index contributed by atoms with van der Waals surface area (Å²) in [6.45, 7) is 3.10. The number of nitriles is 1. The number of nitrogens with one attached hydrogen (secondary N) is 1. The van der Waals surface area contributed by atoms with Crippen LogP contribution < -0.4 is 5.32 Å². The molecule has 0 bridgehead atoms. The summed E-state index contributed by atoms with van der Waals surface area (Å²) < 4.78 is 35.7. The maximum atomic E-state index is 11.9. The van der Waals surface area contributed by atoms with Crippen molar-refractivity contribution in [2.75, 3.05) is 6.54 Å². The van der Waals surface area contributed by atoms with Crippen LogP contribution in [0, 0.1) is 18.3 Å². The molecule has 0 atom stereocenters. The van der Waals surface area contributed by atoms with Gasteiger partial charge in [0.2, 0.25) is 0 Å². The van der Waals surface area contributed by atoms with Gasteiger partial charge < -0.3 is 5.32 Å². The van der Waals surface area contributed by atoms with E-state index in [1.807, 2.05) is 13.0 Å². The second kappa shape index (κ2) is 7.15. The van der Waals surface area contributed by atoms with Crippen LogP contribution in [0.4, 0.5) is 13.2 Å². The van der Waals surface area contributed by atoms with Gasteiger partial charge in [0.15, 0.2) is 0 Å². The molecule has 1 aromatic rings. The molecule has 104 valence electrons. The van der Waals surface area contributed by atoms with Crippen LogP contribution in [0.5, 0.6) is 0 Å². The molecule has 0 saturated carbocycles. The van der Waals surface area contributed by atoms with Crippen molar-refractivity contribution in [3.63, 3.8) is 0 Å². The van der Waals surface area contributed by atoms with Gasteiger partial charge in [-0.25, -0.2) is 0 Å². The number of halogens is 3. The third kappa shape index (κ3) is 6.25. The van der Waals surface area contributed by atoms with Gasteiger partial charge in [-0.05, 0) is 49.6 Å². The zero-order valence-electron chi connectivity index (χ0n) is 10.8. The van der Waals surface area contributed by atoms with E-state index in [4.69, 9.17) is 5.26 Å². The second-order valence-corrected chi connectivity index (χ2v) is 4.50. The van der Waals surface area contributed by atoms with Crippen molar-refractivity contribution in [2.45, 2.75) is 38.9 Å². The summed E-state index contributed by atoms with van der Waals surface area (Å²) in [5.41, 5.74) is 2.70. The highest BCUT2D eigenvalue weighted by Gasteiger charge is 2.25. The summed E-state index contributed by atoms with van der Waals surface area (Å²) in [5.74, 6) is 0. The Morgan fingerprint density at radius 3 is 2.58 bits per heavy atom. The van der Waals surface area contributed by atoms with Crippen LogP contribution in [0.25, 0.3) is 0 Å². The molecule has 0 spiro atoms. The van der Waals surface area contributed by atoms with Gasteiger partial charge in [-0.2, -0.15) is 18.4 Å². The molecule has 1 rings (SSSR count). The molecule has 19 heavy (non-hydrogen) atoms. The fourth-order valence-corrected chi connectivity index (χ4v) is 1.76. The maximum absolute atomic E-state index is 11.9. The van der Waals surface area contributed by atoms with Crippen LogP contribution in [-0.4, -0.2) is 12.7 Å². The fourth-order valence-electron chi connectivity index (χ4n) is 1.76. The predicted molar refractivity (Wildman–Crippen MR) is 67.5 cm³/mol. The standard InChI is InChI=1S/C14H17F3N2/c1-11-8-12(9-18)4-5-13(11)10-19-7-3-2-6-14(15,16)17/h4-5,8,19H,2-3,6-7,10H2,1H3. The quantitative estimate of drug-likeness (QED) is 0.800. The number of hydrogen-bond donors (Lipinski definition) is 1. The Hall–Kier alpha value is -1.54. The molecule has 0 radical (unpaired) electrons. The smallest absolute Gasteiger partial charge is 0.313 e. The summed E-state index contributed by atoms with van der Waals surface area (Å²) >= 11 is 0. The molecular weight excluding hydrogens is 253 g/mol. The Morgan fingerprint density at radius 1 is 1.26 bits per heavy atom. The van der Waals surface area contributed by atoms with Crippen LogP contribution in [0.2, 0.25) is 0 Å². The molecule has 0 aliphatic rings. The van der Waals surface area contributed by atoms with Crippen molar-refractivity contribution in [3.05, 3.63) is 34.9 Å². The van der Waals surface area contributed by atoms with Crippen molar-refractivity contribution in [1.29, 1.82) is 5.26 Å². The molecule has 0 unspecified atom stereocenters. The fraction of sp³-hybridized carbons (Fsp3) is 0.500. The van der Waals surface area contributed by atoms with Gasteiger partial charge in [-0.15, -0.1) is 0 Å². The van der Waals surface area contributed by atoms with Crippen LogP contribution in [0.15, 0.2) is 18.2 Å². The van der Waals surface area contributed by atoms with E-state index in [0.717, 1.165) is 11.1 Å². The lowest BCUT2D eigenvalue weighted by atomic mass is 10.1. The summed E-state index contributed by atoms with van der Waals surface area (Å²) in [5, 5.41) is 11.9. The molecule has 1 aromatic carbocycles. The molecule has 1 N–H and O–H groups in total. The Kier molecular flexibility index (Phi) is 5.84. The van der Waals surface area contributed by atoms with Gasteiger partial charge in [0.1, 0.15) is 0 Å². The van der Waals surface area contributed by atoms with Gasteiger partial charge in [0.25, 0.3) is 0 Å². The van der Waals surface area contributed by atoms with Crippen LogP contribution in [0.1, 0.15) is 36.0 Å². The van der Waals surface area contributed by atoms with E-state index in [-0.39, 0.29) is 6.42 Å². The number of benzene rings is 1. The van der Waals surface area contributed by atoms with Gasteiger partial charge in [0.05, 0.1) is 11.6 Å². The van der Waals surface area contributed by atoms with Crippen molar-refractivity contribution in [3.8, 4) is 6.07 Å². The van der Waals surface area contributed by atoms with Crippen LogP contribution in [-0.2, 0) is 6.54 Å². The SMILES string of the molecule is Cc1cc(C#N)ccc1CNCCCCC(F)(F)F. The second-order valence-electron chi connectivity index (χ2n) is 4.50. The minimum absolute atomic E-state index is 0.156. The van der Waals surface area contributed by atoms with Crippen LogP contribution in [0.3, 0.4) is 0 Å². The van der Waals surface area contributed by atoms with Crippen LogP contribution >= 0.6 is 0 Å². The molecule has 2 nitrogen and oxygen atoms in total. The number of hydrogen-bond acceptors (Lipinski definition) is 2.